The fourth-order valence-corrected chi connectivity index (χ4v) is 4.40. The predicted molar refractivity (Wildman–Crippen MR) is 156 cm³/mol. The Bertz CT molecular complexity index is 1900. The first-order chi connectivity index (χ1) is 22.3. The normalized spacial score (nSPS) is 11.9. The molecule has 0 radical (unpaired) electrons. The minimum absolute atomic E-state index is 0.00462. The van der Waals surface area contributed by atoms with Crippen LogP contribution < -0.4 is 5.32 Å². The van der Waals surface area contributed by atoms with Gasteiger partial charge in [-0.15, -0.1) is 0 Å². The Labute approximate surface area is 269 Å². The van der Waals surface area contributed by atoms with Gasteiger partial charge in [0.25, 0.3) is 0 Å². The van der Waals surface area contributed by atoms with Crippen LogP contribution in [0, 0.1) is 18.6 Å². The van der Waals surface area contributed by atoms with Gasteiger partial charge in [-0.25, -0.2) is 33.3 Å². The number of alkyl halides is 6. The topological polar surface area (TPSA) is 154 Å². The molecule has 10 nitrogen and oxygen atoms in total. The molecular formula is C29H21ClF8N6O4. The fraction of sp³-hybridized carbons (Fsp3) is 0.172. The lowest BCUT2D eigenvalue weighted by Gasteiger charge is -2.25. The van der Waals surface area contributed by atoms with Gasteiger partial charge in [-0.05, 0) is 65.9 Å². The second-order valence-corrected chi connectivity index (χ2v) is 9.84. The van der Waals surface area contributed by atoms with Gasteiger partial charge in [0.2, 0.25) is 0 Å². The molecule has 0 saturated carbocycles. The number of nitrogens with one attached hydrogen (secondary N) is 2. The molecule has 19 heteroatoms. The van der Waals surface area contributed by atoms with E-state index in [1.165, 1.54) is 24.8 Å². The lowest BCUT2D eigenvalue weighted by Crippen LogP contribution is -2.21. The average Bonchev–Trinajstić information content (AvgIpc) is 3.50. The van der Waals surface area contributed by atoms with Gasteiger partial charge in [0, 0.05) is 18.0 Å². The number of hydrogen-bond acceptors (Lipinski definition) is 7. The molecule has 0 spiro atoms. The summed E-state index contributed by atoms with van der Waals surface area (Å²) in [6.45, 7) is 3.55. The zero-order chi connectivity index (χ0) is 36.0. The second kappa shape index (κ2) is 15.0. The third-order valence-electron chi connectivity index (χ3n) is 6.23. The zero-order valence-corrected chi connectivity index (χ0v) is 25.0. The lowest BCUT2D eigenvalue weighted by molar-refractivity contribution is -0.193. The minimum Gasteiger partial charge on any atom is -0.475 e. The van der Waals surface area contributed by atoms with E-state index in [0.717, 1.165) is 5.56 Å². The number of fused-ring (bicyclic) bond motifs is 1. The molecule has 0 saturated heterocycles. The Hall–Kier alpha value is -5.39. The number of aromatic amines is 1. The molecule has 0 aliphatic carbocycles. The highest BCUT2D eigenvalue weighted by Gasteiger charge is 2.39. The highest BCUT2D eigenvalue weighted by molar-refractivity contribution is 6.32. The lowest BCUT2D eigenvalue weighted by atomic mass is 9.85. The number of nitrogens with zero attached hydrogens (tertiary/aromatic N) is 4. The molecule has 4 N–H and O–H groups in total. The van der Waals surface area contributed by atoms with Crippen molar-refractivity contribution in [2.75, 3.05) is 5.32 Å². The van der Waals surface area contributed by atoms with Crippen LogP contribution in [0.5, 0.6) is 0 Å². The first-order valence-electron chi connectivity index (χ1n) is 13.0. The van der Waals surface area contributed by atoms with Crippen molar-refractivity contribution in [3.05, 3.63) is 89.2 Å². The van der Waals surface area contributed by atoms with Crippen molar-refractivity contribution in [1.29, 1.82) is 0 Å². The number of carboxylic acids is 2. The van der Waals surface area contributed by atoms with Crippen LogP contribution in [0.15, 0.2) is 61.4 Å². The first-order valence-corrected chi connectivity index (χ1v) is 13.4. The van der Waals surface area contributed by atoms with Crippen molar-refractivity contribution >= 4 is 40.5 Å². The van der Waals surface area contributed by atoms with E-state index in [1.54, 1.807) is 38.4 Å². The van der Waals surface area contributed by atoms with Crippen molar-refractivity contribution in [3.8, 4) is 22.3 Å². The van der Waals surface area contributed by atoms with Gasteiger partial charge in [-0.2, -0.15) is 26.3 Å². The third-order valence-corrected chi connectivity index (χ3v) is 6.68. The van der Waals surface area contributed by atoms with Crippen molar-refractivity contribution < 1.29 is 54.9 Å². The summed E-state index contributed by atoms with van der Waals surface area (Å²) in [6, 6.07) is 9.14. The van der Waals surface area contributed by atoms with Crippen LogP contribution in [0.25, 0.3) is 33.4 Å². The Morgan fingerprint density at radius 3 is 2.02 bits per heavy atom. The second-order valence-electron chi connectivity index (χ2n) is 9.46. The van der Waals surface area contributed by atoms with E-state index in [1.807, 2.05) is 12.1 Å². The van der Waals surface area contributed by atoms with Crippen LogP contribution in [-0.2, 0) is 9.59 Å². The third kappa shape index (κ3) is 8.90. The number of H-pyrrole nitrogens is 1. The summed E-state index contributed by atoms with van der Waals surface area (Å²) in [5.41, 5.74) is 4.49. The maximum absolute atomic E-state index is 15.9. The van der Waals surface area contributed by atoms with Gasteiger partial charge in [0.1, 0.15) is 23.5 Å². The van der Waals surface area contributed by atoms with Gasteiger partial charge < -0.3 is 20.5 Å². The van der Waals surface area contributed by atoms with Crippen molar-refractivity contribution in [2.45, 2.75) is 32.2 Å². The van der Waals surface area contributed by atoms with E-state index in [0.29, 0.717) is 44.8 Å². The number of pyridine rings is 1. The van der Waals surface area contributed by atoms with Gasteiger partial charge in [-0.1, -0.05) is 23.7 Å². The number of aliphatic carboxylic acids is 2. The summed E-state index contributed by atoms with van der Waals surface area (Å²) in [5, 5.41) is 17.5. The van der Waals surface area contributed by atoms with Crippen molar-refractivity contribution in [2.24, 2.45) is 0 Å². The molecule has 1 unspecified atom stereocenters. The van der Waals surface area contributed by atoms with E-state index in [-0.39, 0.29) is 5.02 Å². The molecule has 3 aromatic heterocycles. The highest BCUT2D eigenvalue weighted by atomic mass is 35.5. The molecule has 3 heterocycles. The number of imidazole rings is 1. The molecule has 48 heavy (non-hydrogen) atoms. The Balaban J connectivity index is 0.000000376. The van der Waals surface area contributed by atoms with Crippen molar-refractivity contribution in [3.63, 3.8) is 0 Å². The number of anilines is 1. The van der Waals surface area contributed by atoms with Gasteiger partial charge in [0.05, 0.1) is 17.4 Å². The number of rotatable bonds is 5. The number of carboxylic acid groups (broad SMARTS) is 2. The summed E-state index contributed by atoms with van der Waals surface area (Å²) in [4.78, 5) is 37.4. The SMILES string of the molecule is Cc1c(Cl)c(F)c(C(C)Nc2ncnc3nc[nH]c23)c(-c2cccc(F)c2)c1-c1ccncc1.O=C(O)C(F)(F)F.O=C(O)C(F)(F)F. The molecule has 0 amide bonds. The summed E-state index contributed by atoms with van der Waals surface area (Å²) in [6.07, 6.45) is -3.97. The monoisotopic (exact) mass is 704 g/mol. The zero-order valence-electron chi connectivity index (χ0n) is 24.3. The summed E-state index contributed by atoms with van der Waals surface area (Å²) in [5.74, 6) is -6.05. The number of carbonyl (C=O) groups is 2. The number of aromatic nitrogens is 5. The highest BCUT2D eigenvalue weighted by Crippen LogP contribution is 2.45. The number of halogens is 9. The Morgan fingerprint density at radius 2 is 1.48 bits per heavy atom. The maximum atomic E-state index is 15.9. The predicted octanol–water partition coefficient (Wildman–Crippen LogP) is 7.76. The summed E-state index contributed by atoms with van der Waals surface area (Å²) < 4.78 is 93.7. The van der Waals surface area contributed by atoms with Crippen LogP contribution in [0.4, 0.5) is 40.9 Å². The fourth-order valence-electron chi connectivity index (χ4n) is 4.21. The maximum Gasteiger partial charge on any atom is 0.490 e. The van der Waals surface area contributed by atoms with Crippen LogP contribution in [0.3, 0.4) is 0 Å². The molecule has 0 fully saturated rings. The van der Waals surface area contributed by atoms with E-state index in [2.05, 4.69) is 30.2 Å². The van der Waals surface area contributed by atoms with Gasteiger partial charge in [0.15, 0.2) is 11.5 Å². The van der Waals surface area contributed by atoms with Crippen LogP contribution in [0.1, 0.15) is 24.1 Å². The smallest absolute Gasteiger partial charge is 0.475 e. The average molecular weight is 705 g/mol. The molecule has 0 aliphatic heterocycles. The molecule has 1 atom stereocenters. The van der Waals surface area contributed by atoms with Crippen LogP contribution in [-0.4, -0.2) is 59.4 Å². The Morgan fingerprint density at radius 1 is 0.896 bits per heavy atom. The van der Waals surface area contributed by atoms with Crippen LogP contribution >= 0.6 is 11.6 Å². The first kappa shape index (κ1) is 37.1. The molecule has 2 aromatic carbocycles. The van der Waals surface area contributed by atoms with Gasteiger partial charge >= 0.3 is 24.3 Å². The van der Waals surface area contributed by atoms with E-state index < -0.39 is 42.0 Å². The summed E-state index contributed by atoms with van der Waals surface area (Å²) in [7, 11) is 0. The van der Waals surface area contributed by atoms with Gasteiger partial charge in [-0.3, -0.25) is 4.98 Å². The van der Waals surface area contributed by atoms with E-state index >= 15 is 4.39 Å². The molecule has 254 valence electrons. The van der Waals surface area contributed by atoms with E-state index in [9.17, 15) is 30.7 Å². The standard InChI is InChI=1S/C25H19ClF2N6.2C2HF3O2/c1-13-18(15-6-8-29-9-7-15)20(16-4-3-5-17(27)10-16)19(22(28)21(13)26)14(2)34-25-23-24(31-11-30-23)32-12-33-25;2*3-2(4,5)1(6)7/h3-12,14H,1-2H3,(H2,30,31,32,33,34);2*(H,6,7). The molecule has 5 rings (SSSR count). The number of benzene rings is 2. The summed E-state index contributed by atoms with van der Waals surface area (Å²) >= 11 is 6.52. The molecule has 0 bridgehead atoms. The molecule has 5 aromatic rings. The quantitative estimate of drug-likeness (QED) is 0.134. The minimum atomic E-state index is -5.08. The molecule has 0 aliphatic rings. The van der Waals surface area contributed by atoms with Crippen LogP contribution in [0.2, 0.25) is 5.02 Å². The molecular weight excluding hydrogens is 684 g/mol. The largest absolute Gasteiger partial charge is 0.490 e. The number of hydrogen-bond donors (Lipinski definition) is 4. The van der Waals surface area contributed by atoms with E-state index in [4.69, 9.17) is 31.4 Å². The van der Waals surface area contributed by atoms with Crippen molar-refractivity contribution in [1.82, 2.24) is 24.9 Å². The Kier molecular flexibility index (Phi) is 11.6.